The molecule has 0 unspecified atom stereocenters. The van der Waals surface area contributed by atoms with Crippen LogP contribution in [-0.4, -0.2) is 53.4 Å². The zero-order chi connectivity index (χ0) is 19.6. The lowest BCUT2D eigenvalue weighted by Crippen LogP contribution is -2.49. The van der Waals surface area contributed by atoms with Crippen molar-refractivity contribution in [3.8, 4) is 0 Å². The van der Waals surface area contributed by atoms with Crippen LogP contribution >= 0.6 is 0 Å². The summed E-state index contributed by atoms with van der Waals surface area (Å²) in [6.45, 7) is 4.61. The normalized spacial score (nSPS) is 17.4. The van der Waals surface area contributed by atoms with Gasteiger partial charge in [0, 0.05) is 54.9 Å². The van der Waals surface area contributed by atoms with Crippen molar-refractivity contribution in [3.63, 3.8) is 0 Å². The second-order valence-electron chi connectivity index (χ2n) is 8.42. The van der Waals surface area contributed by atoms with Gasteiger partial charge in [-0.1, -0.05) is 30.3 Å². The third-order valence-corrected chi connectivity index (χ3v) is 6.56. The number of aromatic nitrogens is 1. The van der Waals surface area contributed by atoms with Crippen LogP contribution in [0.1, 0.15) is 40.0 Å². The van der Waals surface area contributed by atoms with Gasteiger partial charge in [-0.3, -0.25) is 9.69 Å². The largest absolute Gasteiger partial charge is 0.358 e. The minimum Gasteiger partial charge on any atom is -0.358 e. The molecule has 1 fully saturated rings. The predicted octanol–water partition coefficient (Wildman–Crippen LogP) is 4.05. The number of H-pyrrole nitrogens is 1. The number of rotatable bonds is 4. The smallest absolute Gasteiger partial charge is 0.253 e. The van der Waals surface area contributed by atoms with Crippen LogP contribution in [0.2, 0.25) is 0 Å². The molecule has 1 amide bonds. The average molecular weight is 388 g/mol. The van der Waals surface area contributed by atoms with E-state index in [1.54, 1.807) is 0 Å². The number of hydrogen-bond donors (Lipinski definition) is 1. The molecule has 0 spiro atoms. The lowest BCUT2D eigenvalue weighted by molar-refractivity contribution is 0.0638. The third-order valence-electron chi connectivity index (χ3n) is 6.56. The molecule has 0 radical (unpaired) electrons. The molecule has 5 rings (SSSR count). The molecular formula is C25H29N3O. The summed E-state index contributed by atoms with van der Waals surface area (Å²) in [5, 5.41) is 1.26. The van der Waals surface area contributed by atoms with Gasteiger partial charge in [-0.15, -0.1) is 0 Å². The third kappa shape index (κ3) is 3.82. The SMILES string of the molecule is O=C(c1ccc2[nH]c3c(c2c1)CCCC3)N1CCN(CCc2ccccc2)CC1. The Bertz CT molecular complexity index is 1000. The van der Waals surface area contributed by atoms with E-state index >= 15 is 0 Å². The molecule has 1 saturated heterocycles. The topological polar surface area (TPSA) is 39.3 Å². The van der Waals surface area contributed by atoms with Gasteiger partial charge in [0.2, 0.25) is 0 Å². The molecule has 0 atom stereocenters. The molecular weight excluding hydrogens is 358 g/mol. The number of hydrogen-bond acceptors (Lipinski definition) is 2. The highest BCUT2D eigenvalue weighted by Gasteiger charge is 2.23. The maximum Gasteiger partial charge on any atom is 0.253 e. The zero-order valence-electron chi connectivity index (χ0n) is 17.0. The minimum atomic E-state index is 0.181. The van der Waals surface area contributed by atoms with Crippen LogP contribution in [0.5, 0.6) is 0 Å². The van der Waals surface area contributed by atoms with Crippen LogP contribution in [0.15, 0.2) is 48.5 Å². The molecule has 1 aliphatic carbocycles. The molecule has 29 heavy (non-hydrogen) atoms. The van der Waals surface area contributed by atoms with Gasteiger partial charge in [-0.2, -0.15) is 0 Å². The van der Waals surface area contributed by atoms with Crippen LogP contribution in [-0.2, 0) is 19.3 Å². The number of carbonyl (C=O) groups is 1. The fourth-order valence-corrected chi connectivity index (χ4v) is 4.83. The Morgan fingerprint density at radius 2 is 1.72 bits per heavy atom. The summed E-state index contributed by atoms with van der Waals surface area (Å²) in [5.74, 6) is 0.181. The predicted molar refractivity (Wildman–Crippen MR) is 117 cm³/mol. The summed E-state index contributed by atoms with van der Waals surface area (Å²) >= 11 is 0. The quantitative estimate of drug-likeness (QED) is 0.734. The summed E-state index contributed by atoms with van der Waals surface area (Å²) in [7, 11) is 0. The minimum absolute atomic E-state index is 0.181. The molecule has 2 aromatic carbocycles. The van der Waals surface area contributed by atoms with E-state index in [2.05, 4.69) is 52.3 Å². The Kier molecular flexibility index (Phi) is 5.11. The molecule has 3 aromatic rings. The van der Waals surface area contributed by atoms with Crippen molar-refractivity contribution in [1.29, 1.82) is 0 Å². The van der Waals surface area contributed by atoms with Crippen molar-refractivity contribution in [2.24, 2.45) is 0 Å². The van der Waals surface area contributed by atoms with Crippen molar-refractivity contribution in [3.05, 3.63) is 70.9 Å². The Morgan fingerprint density at radius 3 is 2.55 bits per heavy atom. The average Bonchev–Trinajstić information content (AvgIpc) is 3.16. The summed E-state index contributed by atoms with van der Waals surface area (Å²) in [4.78, 5) is 21.2. The van der Waals surface area contributed by atoms with E-state index in [0.717, 1.165) is 57.5 Å². The van der Waals surface area contributed by atoms with E-state index in [4.69, 9.17) is 0 Å². The first-order valence-electron chi connectivity index (χ1n) is 11.0. The van der Waals surface area contributed by atoms with Gasteiger partial charge in [0.15, 0.2) is 0 Å². The first-order valence-corrected chi connectivity index (χ1v) is 11.0. The molecule has 0 saturated carbocycles. The van der Waals surface area contributed by atoms with Crippen molar-refractivity contribution in [2.45, 2.75) is 32.1 Å². The highest BCUT2D eigenvalue weighted by molar-refractivity contribution is 5.99. The van der Waals surface area contributed by atoms with Crippen molar-refractivity contribution >= 4 is 16.8 Å². The van der Waals surface area contributed by atoms with Gasteiger partial charge in [0.05, 0.1) is 0 Å². The molecule has 0 bridgehead atoms. The standard InChI is InChI=1S/C25H29N3O/c29-25(20-10-11-24-22(18-20)21-8-4-5-9-23(21)26-24)28-16-14-27(15-17-28)13-12-19-6-2-1-3-7-19/h1-3,6-7,10-11,18,26H,4-5,8-9,12-17H2. The molecule has 2 aliphatic rings. The van der Waals surface area contributed by atoms with E-state index in [0.29, 0.717) is 0 Å². The van der Waals surface area contributed by atoms with Crippen LogP contribution in [0.4, 0.5) is 0 Å². The number of benzene rings is 2. The van der Waals surface area contributed by atoms with E-state index in [-0.39, 0.29) is 5.91 Å². The summed E-state index contributed by atoms with van der Waals surface area (Å²) < 4.78 is 0. The van der Waals surface area contributed by atoms with E-state index in [1.807, 2.05) is 11.0 Å². The highest BCUT2D eigenvalue weighted by Crippen LogP contribution is 2.30. The number of nitrogens with one attached hydrogen (secondary N) is 1. The fourth-order valence-electron chi connectivity index (χ4n) is 4.83. The molecule has 1 N–H and O–H groups in total. The number of amides is 1. The van der Waals surface area contributed by atoms with Gasteiger partial charge < -0.3 is 9.88 Å². The molecule has 1 aromatic heterocycles. The van der Waals surface area contributed by atoms with Crippen LogP contribution in [0.25, 0.3) is 10.9 Å². The maximum atomic E-state index is 13.1. The highest BCUT2D eigenvalue weighted by atomic mass is 16.2. The van der Waals surface area contributed by atoms with Crippen LogP contribution < -0.4 is 0 Å². The summed E-state index contributed by atoms with van der Waals surface area (Å²) in [5.41, 5.74) is 6.21. The lowest BCUT2D eigenvalue weighted by Gasteiger charge is -2.34. The second-order valence-corrected chi connectivity index (χ2v) is 8.42. The van der Waals surface area contributed by atoms with E-state index < -0.39 is 0 Å². The zero-order valence-corrected chi connectivity index (χ0v) is 17.0. The molecule has 4 heteroatoms. The summed E-state index contributed by atoms with van der Waals surface area (Å²) in [6, 6.07) is 16.9. The molecule has 2 heterocycles. The second kappa shape index (κ2) is 8.03. The first-order chi connectivity index (χ1) is 14.3. The fraction of sp³-hybridized carbons (Fsp3) is 0.400. The Hall–Kier alpha value is -2.59. The van der Waals surface area contributed by atoms with Gasteiger partial charge >= 0.3 is 0 Å². The van der Waals surface area contributed by atoms with Gasteiger partial charge in [0.1, 0.15) is 0 Å². The number of nitrogens with zero attached hydrogens (tertiary/aromatic N) is 2. The van der Waals surface area contributed by atoms with E-state index in [1.165, 1.54) is 40.6 Å². The van der Waals surface area contributed by atoms with Gasteiger partial charge in [-0.25, -0.2) is 0 Å². The first kappa shape index (κ1) is 18.4. The number of carbonyl (C=O) groups excluding carboxylic acids is 1. The van der Waals surface area contributed by atoms with Crippen molar-refractivity contribution in [2.75, 3.05) is 32.7 Å². The molecule has 4 nitrogen and oxygen atoms in total. The van der Waals surface area contributed by atoms with Crippen LogP contribution in [0, 0.1) is 0 Å². The maximum absolute atomic E-state index is 13.1. The monoisotopic (exact) mass is 387 g/mol. The van der Waals surface area contributed by atoms with Crippen molar-refractivity contribution < 1.29 is 4.79 Å². The number of aromatic amines is 1. The van der Waals surface area contributed by atoms with E-state index in [9.17, 15) is 4.79 Å². The Balaban J connectivity index is 1.22. The van der Waals surface area contributed by atoms with Gasteiger partial charge in [-0.05, 0) is 61.4 Å². The van der Waals surface area contributed by atoms with Crippen molar-refractivity contribution in [1.82, 2.24) is 14.8 Å². The Morgan fingerprint density at radius 1 is 0.931 bits per heavy atom. The molecule has 1 aliphatic heterocycles. The van der Waals surface area contributed by atoms with Gasteiger partial charge in [0.25, 0.3) is 5.91 Å². The number of fused-ring (bicyclic) bond motifs is 3. The lowest BCUT2D eigenvalue weighted by atomic mass is 9.95. The van der Waals surface area contributed by atoms with Crippen LogP contribution in [0.3, 0.4) is 0 Å². The number of aryl methyl sites for hydroxylation is 2. The Labute approximate surface area is 172 Å². The number of piperazine rings is 1. The molecule has 150 valence electrons. The summed E-state index contributed by atoms with van der Waals surface area (Å²) in [6.07, 6.45) is 5.86.